The van der Waals surface area contributed by atoms with Gasteiger partial charge in [0.05, 0.1) is 19.8 Å². The lowest BCUT2D eigenvalue weighted by atomic mass is 10.2. The number of thiol groups is 1. The van der Waals surface area contributed by atoms with Gasteiger partial charge >= 0.3 is 0 Å². The summed E-state index contributed by atoms with van der Waals surface area (Å²) in [5.74, 6) is 1.71. The van der Waals surface area contributed by atoms with Gasteiger partial charge in [0.2, 0.25) is 0 Å². The van der Waals surface area contributed by atoms with Crippen LogP contribution in [0.15, 0.2) is 0 Å². The quantitative estimate of drug-likeness (QED) is 0.469. The summed E-state index contributed by atoms with van der Waals surface area (Å²) < 4.78 is 10.6. The molecule has 1 unspecified atom stereocenters. The van der Waals surface area contributed by atoms with Gasteiger partial charge in [0.15, 0.2) is 0 Å². The van der Waals surface area contributed by atoms with Crippen LogP contribution in [0, 0.1) is 5.92 Å². The Hall–Kier alpha value is 0.230. The number of rotatable bonds is 10. The van der Waals surface area contributed by atoms with Crippen molar-refractivity contribution in [3.63, 3.8) is 0 Å². The van der Waals surface area contributed by atoms with E-state index in [1.54, 1.807) is 7.11 Å². The Morgan fingerprint density at radius 3 is 2.50 bits per heavy atom. The molecule has 0 aromatic heterocycles. The number of nitrogens with zero attached hydrogens (tertiary/aromatic N) is 1. The highest BCUT2D eigenvalue weighted by atomic mass is 32.1. The molecule has 1 rings (SSSR count). The Kier molecular flexibility index (Phi) is 7.45. The maximum atomic E-state index is 5.48. The fourth-order valence-electron chi connectivity index (χ4n) is 1.95. The van der Waals surface area contributed by atoms with Crippen LogP contribution in [0.3, 0.4) is 0 Å². The van der Waals surface area contributed by atoms with Crippen LogP contribution in [0.25, 0.3) is 0 Å². The topological polar surface area (TPSA) is 21.7 Å². The highest BCUT2D eigenvalue weighted by molar-refractivity contribution is 7.80. The second-order valence-electron chi connectivity index (χ2n) is 4.44. The fourth-order valence-corrected chi connectivity index (χ4v) is 2.08. The van der Waals surface area contributed by atoms with Crippen LogP contribution >= 0.6 is 12.6 Å². The van der Waals surface area contributed by atoms with Gasteiger partial charge in [0.1, 0.15) is 0 Å². The van der Waals surface area contributed by atoms with Crippen molar-refractivity contribution < 1.29 is 9.47 Å². The molecule has 0 heterocycles. The lowest BCUT2D eigenvalue weighted by molar-refractivity contribution is 0.0725. The zero-order chi connectivity index (χ0) is 11.8. The molecule has 0 saturated heterocycles. The Morgan fingerprint density at radius 1 is 1.25 bits per heavy atom. The molecule has 1 fully saturated rings. The van der Waals surface area contributed by atoms with Gasteiger partial charge in [-0.2, -0.15) is 12.6 Å². The summed E-state index contributed by atoms with van der Waals surface area (Å²) in [6, 6.07) is 0.676. The van der Waals surface area contributed by atoms with Crippen molar-refractivity contribution in [3.8, 4) is 0 Å². The molecule has 0 bridgehead atoms. The second kappa shape index (κ2) is 8.34. The summed E-state index contributed by atoms with van der Waals surface area (Å²) in [5.41, 5.74) is 0. The Morgan fingerprint density at radius 2 is 1.94 bits per heavy atom. The molecule has 1 aliphatic carbocycles. The number of methoxy groups -OCH3 is 1. The number of hydrogen-bond donors (Lipinski definition) is 1. The number of ether oxygens (including phenoxy) is 2. The molecule has 1 aliphatic rings. The van der Waals surface area contributed by atoms with E-state index in [4.69, 9.17) is 9.47 Å². The smallest absolute Gasteiger partial charge is 0.0593 e. The third kappa shape index (κ3) is 5.53. The molecule has 0 aromatic carbocycles. The summed E-state index contributed by atoms with van der Waals surface area (Å²) >= 11 is 4.13. The Bertz CT molecular complexity index is 176. The fraction of sp³-hybridized carbons (Fsp3) is 1.00. The standard InChI is InChI=1S/C12H25NO2S/c1-11(12-3-4-12)13(5-7-14-2)6-8-15-9-10-16/h11-12,16H,3-10H2,1-2H3. The van der Waals surface area contributed by atoms with E-state index < -0.39 is 0 Å². The maximum absolute atomic E-state index is 5.48. The highest BCUT2D eigenvalue weighted by Gasteiger charge is 2.31. The van der Waals surface area contributed by atoms with Crippen LogP contribution in [0.2, 0.25) is 0 Å². The summed E-state index contributed by atoms with van der Waals surface area (Å²) in [4.78, 5) is 2.49. The normalized spacial score (nSPS) is 18.0. The third-order valence-electron chi connectivity index (χ3n) is 3.22. The van der Waals surface area contributed by atoms with Gasteiger partial charge in [-0.3, -0.25) is 4.90 Å². The van der Waals surface area contributed by atoms with Crippen molar-refractivity contribution in [2.45, 2.75) is 25.8 Å². The summed E-state index contributed by atoms with van der Waals surface area (Å²) in [7, 11) is 1.76. The van der Waals surface area contributed by atoms with E-state index in [1.807, 2.05) is 0 Å². The molecule has 3 nitrogen and oxygen atoms in total. The molecule has 1 atom stereocenters. The molecule has 0 radical (unpaired) electrons. The molecule has 0 aromatic rings. The molecule has 0 aliphatic heterocycles. The molecule has 0 N–H and O–H groups in total. The van der Waals surface area contributed by atoms with Crippen LogP contribution in [0.5, 0.6) is 0 Å². The lowest BCUT2D eigenvalue weighted by Crippen LogP contribution is -2.39. The van der Waals surface area contributed by atoms with E-state index in [2.05, 4.69) is 24.5 Å². The van der Waals surface area contributed by atoms with Crippen molar-refractivity contribution in [3.05, 3.63) is 0 Å². The van der Waals surface area contributed by atoms with Crippen molar-refractivity contribution in [2.75, 3.05) is 45.8 Å². The average molecular weight is 247 g/mol. The van der Waals surface area contributed by atoms with Crippen LogP contribution < -0.4 is 0 Å². The molecule has 4 heteroatoms. The first-order chi connectivity index (χ1) is 7.79. The highest BCUT2D eigenvalue weighted by Crippen LogP contribution is 2.34. The third-order valence-corrected chi connectivity index (χ3v) is 3.40. The van der Waals surface area contributed by atoms with Gasteiger partial charge in [-0.15, -0.1) is 0 Å². The number of hydrogen-bond acceptors (Lipinski definition) is 4. The van der Waals surface area contributed by atoms with Crippen LogP contribution in [-0.2, 0) is 9.47 Å². The van der Waals surface area contributed by atoms with E-state index in [9.17, 15) is 0 Å². The minimum Gasteiger partial charge on any atom is -0.383 e. The van der Waals surface area contributed by atoms with Gasteiger partial charge in [-0.25, -0.2) is 0 Å². The van der Waals surface area contributed by atoms with Gasteiger partial charge < -0.3 is 9.47 Å². The summed E-state index contributed by atoms with van der Waals surface area (Å²) in [6.07, 6.45) is 2.78. The minimum atomic E-state index is 0.676. The second-order valence-corrected chi connectivity index (χ2v) is 4.89. The minimum absolute atomic E-state index is 0.676. The molecule has 16 heavy (non-hydrogen) atoms. The molecule has 1 saturated carbocycles. The van der Waals surface area contributed by atoms with E-state index in [1.165, 1.54) is 12.8 Å². The van der Waals surface area contributed by atoms with Crippen LogP contribution in [0.1, 0.15) is 19.8 Å². The summed E-state index contributed by atoms with van der Waals surface area (Å²) in [6.45, 7) is 6.71. The Labute approximate surface area is 105 Å². The average Bonchev–Trinajstić information content (AvgIpc) is 3.11. The van der Waals surface area contributed by atoms with Gasteiger partial charge in [-0.1, -0.05) is 0 Å². The van der Waals surface area contributed by atoms with Crippen molar-refractivity contribution in [1.29, 1.82) is 0 Å². The zero-order valence-corrected chi connectivity index (χ0v) is 11.4. The zero-order valence-electron chi connectivity index (χ0n) is 10.5. The van der Waals surface area contributed by atoms with E-state index in [0.717, 1.165) is 44.6 Å². The van der Waals surface area contributed by atoms with Gasteiger partial charge in [-0.05, 0) is 25.7 Å². The van der Waals surface area contributed by atoms with Crippen molar-refractivity contribution in [1.82, 2.24) is 4.90 Å². The van der Waals surface area contributed by atoms with Crippen LogP contribution in [-0.4, -0.2) is 56.7 Å². The van der Waals surface area contributed by atoms with E-state index in [0.29, 0.717) is 6.04 Å². The van der Waals surface area contributed by atoms with E-state index >= 15 is 0 Å². The van der Waals surface area contributed by atoms with E-state index in [-0.39, 0.29) is 0 Å². The van der Waals surface area contributed by atoms with Crippen molar-refractivity contribution >= 4 is 12.6 Å². The largest absolute Gasteiger partial charge is 0.383 e. The predicted molar refractivity (Wildman–Crippen MR) is 70.3 cm³/mol. The predicted octanol–water partition coefficient (Wildman–Crippen LogP) is 1.68. The van der Waals surface area contributed by atoms with Gasteiger partial charge in [0, 0.05) is 32.0 Å². The summed E-state index contributed by atoms with van der Waals surface area (Å²) in [5, 5.41) is 0. The molecular weight excluding hydrogens is 222 g/mol. The van der Waals surface area contributed by atoms with Crippen molar-refractivity contribution in [2.24, 2.45) is 5.92 Å². The Balaban J connectivity index is 2.19. The van der Waals surface area contributed by atoms with Crippen LogP contribution in [0.4, 0.5) is 0 Å². The lowest BCUT2D eigenvalue weighted by Gasteiger charge is -2.28. The first kappa shape index (κ1) is 14.3. The molecule has 0 spiro atoms. The first-order valence-corrected chi connectivity index (χ1v) is 6.84. The SMILES string of the molecule is COCCN(CCOCCS)C(C)C1CC1. The maximum Gasteiger partial charge on any atom is 0.0593 e. The van der Waals surface area contributed by atoms with Gasteiger partial charge in [0.25, 0.3) is 0 Å². The first-order valence-electron chi connectivity index (χ1n) is 6.21. The monoisotopic (exact) mass is 247 g/mol. The molecule has 0 amide bonds. The molecular formula is C12H25NO2S. The molecule has 96 valence electrons.